The molecule has 18 heavy (non-hydrogen) atoms. The second-order valence-electron chi connectivity index (χ2n) is 3.83. The van der Waals surface area contributed by atoms with Gasteiger partial charge in [0.1, 0.15) is 10.9 Å². The van der Waals surface area contributed by atoms with Crippen LogP contribution in [0.25, 0.3) is 22.4 Å². The molecule has 2 heterocycles. The van der Waals surface area contributed by atoms with E-state index in [1.807, 2.05) is 35.7 Å². The molecule has 0 unspecified atom stereocenters. The summed E-state index contributed by atoms with van der Waals surface area (Å²) in [5, 5.41) is 17.9. The molecular formula is C14H9N3S. The Morgan fingerprint density at radius 3 is 2.83 bits per heavy atom. The number of hydrogen-bond acceptors (Lipinski definition) is 3. The van der Waals surface area contributed by atoms with Gasteiger partial charge in [-0.2, -0.15) is 10.4 Å². The highest BCUT2D eigenvalue weighted by Crippen LogP contribution is 2.30. The Morgan fingerprint density at radius 2 is 2.06 bits per heavy atom. The number of aromatic nitrogens is 2. The van der Waals surface area contributed by atoms with E-state index in [0.717, 1.165) is 27.3 Å². The van der Waals surface area contributed by atoms with Crippen LogP contribution in [0.2, 0.25) is 0 Å². The van der Waals surface area contributed by atoms with Gasteiger partial charge in [-0.3, -0.25) is 5.10 Å². The molecule has 4 heteroatoms. The molecule has 0 radical (unpaired) electrons. The summed E-state index contributed by atoms with van der Waals surface area (Å²) in [6.45, 7) is 0. The van der Waals surface area contributed by atoms with Gasteiger partial charge in [0, 0.05) is 17.3 Å². The van der Waals surface area contributed by atoms with E-state index in [1.165, 1.54) is 11.3 Å². The maximum absolute atomic E-state index is 9.07. The van der Waals surface area contributed by atoms with E-state index < -0.39 is 0 Å². The zero-order chi connectivity index (χ0) is 12.4. The van der Waals surface area contributed by atoms with Gasteiger partial charge in [0.25, 0.3) is 0 Å². The maximum atomic E-state index is 9.07. The fourth-order valence-corrected chi connectivity index (χ4v) is 2.60. The lowest BCUT2D eigenvalue weighted by atomic mass is 10.0. The van der Waals surface area contributed by atoms with Gasteiger partial charge in [-0.25, -0.2) is 0 Å². The molecule has 86 valence electrons. The SMILES string of the molecule is N#Cc1sccc1-c1cccc(-c2ccn[nH]2)c1. The van der Waals surface area contributed by atoms with Gasteiger partial charge < -0.3 is 0 Å². The van der Waals surface area contributed by atoms with Crippen LogP contribution in [-0.4, -0.2) is 10.2 Å². The van der Waals surface area contributed by atoms with E-state index in [0.29, 0.717) is 0 Å². The Bertz CT molecular complexity index is 705. The minimum atomic E-state index is 0.747. The fraction of sp³-hybridized carbons (Fsp3) is 0. The zero-order valence-electron chi connectivity index (χ0n) is 9.42. The molecule has 1 N–H and O–H groups in total. The summed E-state index contributed by atoms with van der Waals surface area (Å²) < 4.78 is 0. The lowest BCUT2D eigenvalue weighted by molar-refractivity contribution is 1.10. The third kappa shape index (κ3) is 1.81. The van der Waals surface area contributed by atoms with Crippen LogP contribution >= 0.6 is 11.3 Å². The van der Waals surface area contributed by atoms with Crippen molar-refractivity contribution < 1.29 is 0 Å². The standard InChI is InChI=1S/C14H9N3S/c15-9-14-12(5-7-18-14)10-2-1-3-11(8-10)13-4-6-16-17-13/h1-8H,(H,16,17). The Balaban J connectivity index is 2.10. The Morgan fingerprint density at radius 1 is 1.17 bits per heavy atom. The van der Waals surface area contributed by atoms with Crippen LogP contribution in [0, 0.1) is 11.3 Å². The summed E-state index contributed by atoms with van der Waals surface area (Å²) in [4.78, 5) is 0.747. The molecule has 0 aliphatic heterocycles. The van der Waals surface area contributed by atoms with Crippen molar-refractivity contribution in [1.82, 2.24) is 10.2 Å². The van der Waals surface area contributed by atoms with Crippen LogP contribution in [0.1, 0.15) is 4.88 Å². The normalized spacial score (nSPS) is 10.2. The molecule has 0 saturated heterocycles. The molecule has 0 fully saturated rings. The number of rotatable bonds is 2. The molecule has 0 amide bonds. The molecule has 0 bridgehead atoms. The van der Waals surface area contributed by atoms with Gasteiger partial charge in [0.05, 0.1) is 5.69 Å². The predicted molar refractivity (Wildman–Crippen MR) is 72.1 cm³/mol. The van der Waals surface area contributed by atoms with Crippen LogP contribution in [0.3, 0.4) is 0 Å². The molecule has 3 aromatic rings. The van der Waals surface area contributed by atoms with E-state index in [2.05, 4.69) is 22.3 Å². The smallest absolute Gasteiger partial charge is 0.112 e. The minimum Gasteiger partial charge on any atom is -0.278 e. The third-order valence-corrected chi connectivity index (χ3v) is 3.57. The van der Waals surface area contributed by atoms with E-state index in [1.54, 1.807) is 6.20 Å². The van der Waals surface area contributed by atoms with Crippen molar-refractivity contribution in [3.05, 3.63) is 52.9 Å². The van der Waals surface area contributed by atoms with Crippen LogP contribution in [0.5, 0.6) is 0 Å². The highest BCUT2D eigenvalue weighted by Gasteiger charge is 2.07. The number of nitrogens with one attached hydrogen (secondary N) is 1. The first-order valence-electron chi connectivity index (χ1n) is 5.46. The second-order valence-corrected chi connectivity index (χ2v) is 4.74. The van der Waals surface area contributed by atoms with Crippen molar-refractivity contribution in [2.24, 2.45) is 0 Å². The van der Waals surface area contributed by atoms with Gasteiger partial charge in [-0.1, -0.05) is 18.2 Å². The lowest BCUT2D eigenvalue weighted by Gasteiger charge is -2.02. The second kappa shape index (κ2) is 4.47. The summed E-state index contributed by atoms with van der Waals surface area (Å²) in [7, 11) is 0. The number of nitriles is 1. The molecule has 0 spiro atoms. The fourth-order valence-electron chi connectivity index (χ4n) is 1.89. The molecule has 0 atom stereocenters. The Kier molecular flexibility index (Phi) is 2.67. The average molecular weight is 251 g/mol. The number of aromatic amines is 1. The Hall–Kier alpha value is -2.38. The number of benzene rings is 1. The molecular weight excluding hydrogens is 242 g/mol. The molecule has 0 aliphatic carbocycles. The van der Waals surface area contributed by atoms with Gasteiger partial charge in [0.15, 0.2) is 0 Å². The summed E-state index contributed by atoms with van der Waals surface area (Å²) in [6, 6.07) is 14.2. The first-order chi connectivity index (χ1) is 8.88. The van der Waals surface area contributed by atoms with E-state index in [4.69, 9.17) is 5.26 Å². The van der Waals surface area contributed by atoms with Gasteiger partial charge in [-0.15, -0.1) is 11.3 Å². The van der Waals surface area contributed by atoms with Crippen molar-refractivity contribution in [2.75, 3.05) is 0 Å². The average Bonchev–Trinajstić information content (AvgIpc) is 3.10. The molecule has 1 aromatic carbocycles. The predicted octanol–water partition coefficient (Wildman–Crippen LogP) is 3.68. The van der Waals surface area contributed by atoms with Crippen LogP contribution < -0.4 is 0 Å². The molecule has 0 aliphatic rings. The molecule has 3 nitrogen and oxygen atoms in total. The first-order valence-corrected chi connectivity index (χ1v) is 6.34. The molecule has 3 rings (SSSR count). The van der Waals surface area contributed by atoms with Crippen molar-refractivity contribution in [2.45, 2.75) is 0 Å². The van der Waals surface area contributed by atoms with E-state index in [9.17, 15) is 0 Å². The van der Waals surface area contributed by atoms with Crippen LogP contribution in [-0.2, 0) is 0 Å². The monoisotopic (exact) mass is 251 g/mol. The van der Waals surface area contributed by atoms with Crippen LogP contribution in [0.4, 0.5) is 0 Å². The number of thiophene rings is 1. The number of H-pyrrole nitrogens is 1. The topological polar surface area (TPSA) is 52.5 Å². The maximum Gasteiger partial charge on any atom is 0.112 e. The molecule has 2 aromatic heterocycles. The minimum absolute atomic E-state index is 0.747. The summed E-state index contributed by atoms with van der Waals surface area (Å²) in [5.41, 5.74) is 4.09. The summed E-state index contributed by atoms with van der Waals surface area (Å²) >= 11 is 1.47. The summed E-state index contributed by atoms with van der Waals surface area (Å²) in [5.74, 6) is 0. The van der Waals surface area contributed by atoms with Crippen molar-refractivity contribution in [3.63, 3.8) is 0 Å². The third-order valence-electron chi connectivity index (χ3n) is 2.75. The molecule has 0 saturated carbocycles. The van der Waals surface area contributed by atoms with E-state index in [-0.39, 0.29) is 0 Å². The lowest BCUT2D eigenvalue weighted by Crippen LogP contribution is -1.81. The number of nitrogens with zero attached hydrogens (tertiary/aromatic N) is 2. The first kappa shape index (κ1) is 10.8. The van der Waals surface area contributed by atoms with Gasteiger partial charge in [-0.05, 0) is 29.1 Å². The van der Waals surface area contributed by atoms with Crippen molar-refractivity contribution in [3.8, 4) is 28.5 Å². The quantitative estimate of drug-likeness (QED) is 0.755. The van der Waals surface area contributed by atoms with Gasteiger partial charge >= 0.3 is 0 Å². The Labute approximate surface area is 108 Å². The van der Waals surface area contributed by atoms with Crippen molar-refractivity contribution in [1.29, 1.82) is 5.26 Å². The van der Waals surface area contributed by atoms with Crippen LogP contribution in [0.15, 0.2) is 48.0 Å². The zero-order valence-corrected chi connectivity index (χ0v) is 10.2. The highest BCUT2D eigenvalue weighted by molar-refractivity contribution is 7.11. The largest absolute Gasteiger partial charge is 0.278 e. The van der Waals surface area contributed by atoms with E-state index >= 15 is 0 Å². The highest BCUT2D eigenvalue weighted by atomic mass is 32.1. The summed E-state index contributed by atoms with van der Waals surface area (Å²) in [6.07, 6.45) is 1.73. The van der Waals surface area contributed by atoms with Crippen molar-refractivity contribution >= 4 is 11.3 Å². The van der Waals surface area contributed by atoms with Gasteiger partial charge in [0.2, 0.25) is 0 Å². The number of hydrogen-bond donors (Lipinski definition) is 1.